The highest BCUT2D eigenvalue weighted by molar-refractivity contribution is 5.73. The van der Waals surface area contributed by atoms with E-state index in [-0.39, 0.29) is 11.5 Å². The van der Waals surface area contributed by atoms with Crippen LogP contribution in [0.15, 0.2) is 0 Å². The number of carbonyl (C=O) groups is 1. The largest absolute Gasteiger partial charge is 0.480 e. The van der Waals surface area contributed by atoms with Crippen LogP contribution in [0, 0.1) is 5.41 Å². The molecule has 1 atom stereocenters. The molecule has 1 heterocycles. The summed E-state index contributed by atoms with van der Waals surface area (Å²) in [5.41, 5.74) is 0.189. The first kappa shape index (κ1) is 8.53. The fourth-order valence-corrected chi connectivity index (χ4v) is 1.49. The molecular formula is C8H15NO2. The first-order valence-electron chi connectivity index (χ1n) is 3.97. The molecule has 0 aromatic carbocycles. The van der Waals surface area contributed by atoms with E-state index in [0.29, 0.717) is 0 Å². The van der Waals surface area contributed by atoms with Gasteiger partial charge in [0.25, 0.3) is 0 Å². The van der Waals surface area contributed by atoms with Crippen molar-refractivity contribution in [3.05, 3.63) is 0 Å². The molecule has 1 fully saturated rings. The Morgan fingerprint density at radius 1 is 1.64 bits per heavy atom. The van der Waals surface area contributed by atoms with E-state index in [1.165, 1.54) is 0 Å². The highest BCUT2D eigenvalue weighted by Crippen LogP contribution is 2.29. The Morgan fingerprint density at radius 2 is 2.27 bits per heavy atom. The molecule has 0 radical (unpaired) electrons. The van der Waals surface area contributed by atoms with Crippen molar-refractivity contribution in [2.24, 2.45) is 5.41 Å². The smallest absolute Gasteiger partial charge is 0.320 e. The topological polar surface area (TPSA) is 49.3 Å². The Kier molecular flexibility index (Phi) is 2.18. The van der Waals surface area contributed by atoms with Crippen molar-refractivity contribution in [3.8, 4) is 0 Å². The minimum atomic E-state index is -0.724. The fourth-order valence-electron chi connectivity index (χ4n) is 1.49. The molecular weight excluding hydrogens is 142 g/mol. The van der Waals surface area contributed by atoms with E-state index in [1.807, 2.05) is 0 Å². The number of carboxylic acid groups (broad SMARTS) is 1. The molecule has 0 saturated carbocycles. The lowest BCUT2D eigenvalue weighted by Gasteiger charge is -2.33. The summed E-state index contributed by atoms with van der Waals surface area (Å²) >= 11 is 0. The van der Waals surface area contributed by atoms with Gasteiger partial charge < -0.3 is 10.4 Å². The maximum absolute atomic E-state index is 10.6. The van der Waals surface area contributed by atoms with Gasteiger partial charge in [-0.05, 0) is 24.8 Å². The van der Waals surface area contributed by atoms with Crippen LogP contribution in [0.1, 0.15) is 26.7 Å². The third-order valence-corrected chi connectivity index (χ3v) is 2.25. The second kappa shape index (κ2) is 2.81. The molecule has 0 aromatic rings. The summed E-state index contributed by atoms with van der Waals surface area (Å²) in [6.07, 6.45) is 1.80. The Hall–Kier alpha value is -0.570. The third kappa shape index (κ3) is 2.19. The lowest BCUT2D eigenvalue weighted by Crippen LogP contribution is -2.46. The van der Waals surface area contributed by atoms with Crippen LogP contribution in [0.3, 0.4) is 0 Å². The second-order valence-electron chi connectivity index (χ2n) is 3.96. The lowest BCUT2D eigenvalue weighted by atomic mass is 9.80. The zero-order valence-electron chi connectivity index (χ0n) is 7.05. The highest BCUT2D eigenvalue weighted by atomic mass is 16.4. The SMILES string of the molecule is CC1(C)CCN[C@H](C(=O)O)C1. The van der Waals surface area contributed by atoms with E-state index < -0.39 is 5.97 Å². The van der Waals surface area contributed by atoms with Crippen LogP contribution in [-0.2, 0) is 4.79 Å². The summed E-state index contributed by atoms with van der Waals surface area (Å²) in [6.45, 7) is 5.05. The molecule has 64 valence electrons. The standard InChI is InChI=1S/C8H15NO2/c1-8(2)3-4-9-6(5-8)7(10)11/h6,9H,3-5H2,1-2H3,(H,10,11)/t6-/m0/s1. The summed E-state index contributed by atoms with van der Waals surface area (Å²) in [6, 6.07) is -0.334. The number of hydrogen-bond donors (Lipinski definition) is 2. The molecule has 1 aliphatic heterocycles. The Labute approximate surface area is 66.8 Å². The van der Waals surface area contributed by atoms with Gasteiger partial charge in [0.2, 0.25) is 0 Å². The van der Waals surface area contributed by atoms with Crippen LogP contribution < -0.4 is 5.32 Å². The molecule has 1 aliphatic rings. The third-order valence-electron chi connectivity index (χ3n) is 2.25. The Bertz CT molecular complexity index is 165. The maximum Gasteiger partial charge on any atom is 0.320 e. The maximum atomic E-state index is 10.6. The van der Waals surface area contributed by atoms with Gasteiger partial charge in [-0.1, -0.05) is 13.8 Å². The van der Waals surface area contributed by atoms with E-state index in [0.717, 1.165) is 19.4 Å². The normalized spacial score (nSPS) is 29.8. The average Bonchev–Trinajstić information content (AvgIpc) is 1.85. The van der Waals surface area contributed by atoms with Crippen LogP contribution in [0.5, 0.6) is 0 Å². The van der Waals surface area contributed by atoms with Crippen molar-refractivity contribution in [2.45, 2.75) is 32.7 Å². The van der Waals surface area contributed by atoms with Crippen LogP contribution in [0.2, 0.25) is 0 Å². The van der Waals surface area contributed by atoms with Crippen molar-refractivity contribution in [2.75, 3.05) is 6.54 Å². The fraction of sp³-hybridized carbons (Fsp3) is 0.875. The number of carboxylic acids is 1. The minimum absolute atomic E-state index is 0.189. The quantitative estimate of drug-likeness (QED) is 0.593. The predicted octanol–water partition coefficient (Wildman–Crippen LogP) is 0.849. The molecule has 0 spiro atoms. The van der Waals surface area contributed by atoms with Gasteiger partial charge >= 0.3 is 5.97 Å². The van der Waals surface area contributed by atoms with Gasteiger partial charge in [-0.25, -0.2) is 0 Å². The molecule has 3 nitrogen and oxygen atoms in total. The predicted molar refractivity (Wildman–Crippen MR) is 42.4 cm³/mol. The molecule has 0 amide bonds. The molecule has 0 unspecified atom stereocenters. The number of hydrogen-bond acceptors (Lipinski definition) is 2. The number of nitrogens with one attached hydrogen (secondary N) is 1. The van der Waals surface area contributed by atoms with Crippen molar-refractivity contribution in [1.82, 2.24) is 5.32 Å². The van der Waals surface area contributed by atoms with Gasteiger partial charge in [-0.2, -0.15) is 0 Å². The molecule has 0 aromatic heterocycles. The molecule has 0 aliphatic carbocycles. The van der Waals surface area contributed by atoms with Crippen LogP contribution >= 0.6 is 0 Å². The van der Waals surface area contributed by atoms with E-state index in [1.54, 1.807) is 0 Å². The first-order chi connectivity index (χ1) is 5.01. The summed E-state index contributed by atoms with van der Waals surface area (Å²) in [5.74, 6) is -0.724. The van der Waals surface area contributed by atoms with Gasteiger partial charge in [0, 0.05) is 0 Å². The van der Waals surface area contributed by atoms with Crippen molar-refractivity contribution in [1.29, 1.82) is 0 Å². The van der Waals surface area contributed by atoms with E-state index in [4.69, 9.17) is 5.11 Å². The van der Waals surface area contributed by atoms with E-state index >= 15 is 0 Å². The van der Waals surface area contributed by atoms with Crippen molar-refractivity contribution < 1.29 is 9.90 Å². The van der Waals surface area contributed by atoms with Crippen LogP contribution in [-0.4, -0.2) is 23.7 Å². The van der Waals surface area contributed by atoms with Crippen molar-refractivity contribution >= 4 is 5.97 Å². The van der Waals surface area contributed by atoms with Crippen LogP contribution in [0.4, 0.5) is 0 Å². The highest BCUT2D eigenvalue weighted by Gasteiger charge is 2.31. The van der Waals surface area contributed by atoms with Gasteiger partial charge in [-0.3, -0.25) is 4.79 Å². The number of aliphatic carboxylic acids is 1. The zero-order chi connectivity index (χ0) is 8.48. The number of rotatable bonds is 1. The first-order valence-corrected chi connectivity index (χ1v) is 3.97. The van der Waals surface area contributed by atoms with E-state index in [2.05, 4.69) is 19.2 Å². The molecule has 1 saturated heterocycles. The van der Waals surface area contributed by atoms with Crippen LogP contribution in [0.25, 0.3) is 0 Å². The monoisotopic (exact) mass is 157 g/mol. The van der Waals surface area contributed by atoms with Gasteiger partial charge in [0.1, 0.15) is 6.04 Å². The molecule has 11 heavy (non-hydrogen) atoms. The summed E-state index contributed by atoms with van der Waals surface area (Å²) < 4.78 is 0. The molecule has 0 bridgehead atoms. The molecule has 2 N–H and O–H groups in total. The average molecular weight is 157 g/mol. The summed E-state index contributed by atoms with van der Waals surface area (Å²) in [7, 11) is 0. The molecule has 1 rings (SSSR count). The summed E-state index contributed by atoms with van der Waals surface area (Å²) in [4.78, 5) is 10.6. The van der Waals surface area contributed by atoms with E-state index in [9.17, 15) is 4.79 Å². The summed E-state index contributed by atoms with van der Waals surface area (Å²) in [5, 5.41) is 11.7. The minimum Gasteiger partial charge on any atom is -0.480 e. The molecule has 3 heteroatoms. The Balaban J connectivity index is 2.53. The Morgan fingerprint density at radius 3 is 2.64 bits per heavy atom. The van der Waals surface area contributed by atoms with Gasteiger partial charge in [0.15, 0.2) is 0 Å². The van der Waals surface area contributed by atoms with Gasteiger partial charge in [0.05, 0.1) is 0 Å². The van der Waals surface area contributed by atoms with Gasteiger partial charge in [-0.15, -0.1) is 0 Å². The zero-order valence-corrected chi connectivity index (χ0v) is 7.05. The van der Waals surface area contributed by atoms with Crippen molar-refractivity contribution in [3.63, 3.8) is 0 Å². The second-order valence-corrected chi connectivity index (χ2v) is 3.96. The number of piperidine rings is 1. The lowest BCUT2D eigenvalue weighted by molar-refractivity contribution is -0.141.